The van der Waals surface area contributed by atoms with Crippen molar-refractivity contribution in [2.45, 2.75) is 24.7 Å². The predicted molar refractivity (Wildman–Crippen MR) is 86.4 cm³/mol. The van der Waals surface area contributed by atoms with Gasteiger partial charge in [0, 0.05) is 12.7 Å². The first kappa shape index (κ1) is 17.4. The Kier molecular flexibility index (Phi) is 5.67. The summed E-state index contributed by atoms with van der Waals surface area (Å²) < 4.78 is 26.8. The molecule has 2 fully saturated rings. The molecule has 2 aliphatic heterocycles. The van der Waals surface area contributed by atoms with Gasteiger partial charge in [-0.1, -0.05) is 6.58 Å². The van der Waals surface area contributed by atoms with Crippen LogP contribution in [0.5, 0.6) is 5.75 Å². The fourth-order valence-electron chi connectivity index (χ4n) is 2.78. The summed E-state index contributed by atoms with van der Waals surface area (Å²) in [5, 5.41) is 0. The molecule has 7 nitrogen and oxygen atoms in total. The van der Waals surface area contributed by atoms with Crippen molar-refractivity contribution in [1.29, 1.82) is 0 Å². The molecule has 134 valence electrons. The number of hydrogen-bond donors (Lipinski definition) is 0. The maximum atomic E-state index is 12.2. The highest BCUT2D eigenvalue weighted by Crippen LogP contribution is 2.29. The Morgan fingerprint density at radius 2 is 2.00 bits per heavy atom. The molecule has 0 spiro atoms. The summed E-state index contributed by atoms with van der Waals surface area (Å²) in [7, 11) is 0. The molecular formula is C18H20O7. The zero-order valence-corrected chi connectivity index (χ0v) is 13.7. The van der Waals surface area contributed by atoms with Crippen LogP contribution in [0.2, 0.25) is 0 Å². The molecule has 3 atom stereocenters. The van der Waals surface area contributed by atoms with Crippen molar-refractivity contribution in [1.82, 2.24) is 0 Å². The van der Waals surface area contributed by atoms with E-state index in [0.717, 1.165) is 12.5 Å². The number of hydrogen-bond acceptors (Lipinski definition) is 7. The van der Waals surface area contributed by atoms with Crippen LogP contribution in [0.3, 0.4) is 0 Å². The normalized spacial score (nSPS) is 24.4. The minimum Gasteiger partial charge on any atom is -0.490 e. The third-order valence-corrected chi connectivity index (χ3v) is 4.03. The van der Waals surface area contributed by atoms with Crippen molar-refractivity contribution in [3.05, 3.63) is 42.5 Å². The average Bonchev–Trinajstić information content (AvgIpc) is 3.24. The van der Waals surface area contributed by atoms with E-state index >= 15 is 0 Å². The lowest BCUT2D eigenvalue weighted by Gasteiger charge is -2.16. The maximum absolute atomic E-state index is 12.2. The van der Waals surface area contributed by atoms with Crippen molar-refractivity contribution in [2.75, 3.05) is 26.4 Å². The van der Waals surface area contributed by atoms with Gasteiger partial charge in [0.15, 0.2) is 6.10 Å². The van der Waals surface area contributed by atoms with E-state index in [9.17, 15) is 9.59 Å². The van der Waals surface area contributed by atoms with Crippen LogP contribution in [-0.4, -0.2) is 56.7 Å². The summed E-state index contributed by atoms with van der Waals surface area (Å²) in [6.45, 7) is 4.64. The van der Waals surface area contributed by atoms with E-state index in [2.05, 4.69) is 6.58 Å². The molecule has 0 N–H and O–H groups in total. The van der Waals surface area contributed by atoms with Crippen molar-refractivity contribution < 1.29 is 33.3 Å². The zero-order chi connectivity index (χ0) is 17.6. The molecular weight excluding hydrogens is 328 g/mol. The summed E-state index contributed by atoms with van der Waals surface area (Å²) in [5.74, 6) is -0.350. The molecule has 25 heavy (non-hydrogen) atoms. The van der Waals surface area contributed by atoms with E-state index in [0.29, 0.717) is 24.5 Å². The van der Waals surface area contributed by atoms with Crippen LogP contribution in [0.25, 0.3) is 0 Å². The average molecular weight is 348 g/mol. The van der Waals surface area contributed by atoms with Gasteiger partial charge in [0.1, 0.15) is 25.1 Å². The molecule has 2 saturated heterocycles. The number of esters is 2. The fourth-order valence-corrected chi connectivity index (χ4v) is 2.78. The lowest BCUT2D eigenvalue weighted by molar-refractivity contribution is -0.138. The summed E-state index contributed by atoms with van der Waals surface area (Å²) in [6.07, 6.45) is 1.44. The van der Waals surface area contributed by atoms with Crippen LogP contribution >= 0.6 is 0 Å². The predicted octanol–water partition coefficient (Wildman–Crippen LogP) is 1.51. The SMILES string of the molecule is C=CC(=O)OCCOc1ccc(C(=O)O[C@@H]2COC3CCOC32)cc1. The number of fused-ring (bicyclic) bond motifs is 1. The van der Waals surface area contributed by atoms with Gasteiger partial charge in [0.2, 0.25) is 0 Å². The highest BCUT2D eigenvalue weighted by atomic mass is 16.6. The topological polar surface area (TPSA) is 80.3 Å². The maximum Gasteiger partial charge on any atom is 0.338 e. The molecule has 0 aliphatic carbocycles. The summed E-state index contributed by atoms with van der Waals surface area (Å²) in [5.41, 5.74) is 0.423. The van der Waals surface area contributed by atoms with Gasteiger partial charge in [-0.2, -0.15) is 0 Å². The fraction of sp³-hybridized carbons (Fsp3) is 0.444. The Labute approximate surface area is 145 Å². The van der Waals surface area contributed by atoms with Gasteiger partial charge in [-0.25, -0.2) is 9.59 Å². The summed E-state index contributed by atoms with van der Waals surface area (Å²) in [6, 6.07) is 6.56. The second kappa shape index (κ2) is 8.13. The van der Waals surface area contributed by atoms with Gasteiger partial charge in [-0.15, -0.1) is 0 Å². The molecule has 1 aromatic carbocycles. The Hall–Kier alpha value is -2.38. The molecule has 3 rings (SSSR count). The first-order valence-electron chi connectivity index (χ1n) is 8.13. The van der Waals surface area contributed by atoms with Crippen LogP contribution in [0.4, 0.5) is 0 Å². The molecule has 0 bridgehead atoms. The second-order valence-electron chi connectivity index (χ2n) is 5.68. The quantitative estimate of drug-likeness (QED) is 0.420. The van der Waals surface area contributed by atoms with E-state index in [1.165, 1.54) is 0 Å². The van der Waals surface area contributed by atoms with Gasteiger partial charge in [-0.3, -0.25) is 0 Å². The van der Waals surface area contributed by atoms with E-state index in [1.54, 1.807) is 24.3 Å². The molecule has 0 aromatic heterocycles. The van der Waals surface area contributed by atoms with Crippen molar-refractivity contribution >= 4 is 11.9 Å². The van der Waals surface area contributed by atoms with Crippen LogP contribution in [0.15, 0.2) is 36.9 Å². The highest BCUT2D eigenvalue weighted by molar-refractivity contribution is 5.89. The van der Waals surface area contributed by atoms with E-state index in [1.807, 2.05) is 0 Å². The molecule has 2 heterocycles. The highest BCUT2D eigenvalue weighted by Gasteiger charge is 2.44. The second-order valence-corrected chi connectivity index (χ2v) is 5.68. The van der Waals surface area contributed by atoms with Gasteiger partial charge >= 0.3 is 11.9 Å². The third kappa shape index (κ3) is 4.37. The first-order valence-corrected chi connectivity index (χ1v) is 8.13. The van der Waals surface area contributed by atoms with Crippen LogP contribution in [0.1, 0.15) is 16.8 Å². The molecule has 0 radical (unpaired) electrons. The Morgan fingerprint density at radius 3 is 2.76 bits per heavy atom. The number of carbonyl (C=O) groups is 2. The lowest BCUT2D eigenvalue weighted by atomic mass is 10.1. The standard InChI is InChI=1S/C18H20O7/c1-2-16(19)22-10-9-21-13-5-3-12(4-6-13)18(20)25-15-11-24-14-7-8-23-17(14)15/h2-6,14-15,17H,1,7-11H2/t14?,15-,17?/m1/s1. The zero-order valence-electron chi connectivity index (χ0n) is 13.7. The Balaban J connectivity index is 1.46. The van der Waals surface area contributed by atoms with Gasteiger partial charge < -0.3 is 23.7 Å². The number of benzene rings is 1. The summed E-state index contributed by atoms with van der Waals surface area (Å²) >= 11 is 0. The van der Waals surface area contributed by atoms with Crippen LogP contribution in [-0.2, 0) is 23.7 Å². The van der Waals surface area contributed by atoms with Gasteiger partial charge in [0.05, 0.1) is 18.3 Å². The first-order chi connectivity index (χ1) is 12.2. The van der Waals surface area contributed by atoms with E-state index in [4.69, 9.17) is 23.7 Å². The summed E-state index contributed by atoms with van der Waals surface area (Å²) in [4.78, 5) is 23.1. The van der Waals surface area contributed by atoms with Crippen LogP contribution < -0.4 is 4.74 Å². The van der Waals surface area contributed by atoms with Crippen molar-refractivity contribution in [3.8, 4) is 5.75 Å². The molecule has 0 amide bonds. The van der Waals surface area contributed by atoms with E-state index in [-0.39, 0.29) is 31.5 Å². The molecule has 2 unspecified atom stereocenters. The van der Waals surface area contributed by atoms with Crippen molar-refractivity contribution in [2.24, 2.45) is 0 Å². The third-order valence-electron chi connectivity index (χ3n) is 4.03. The van der Waals surface area contributed by atoms with E-state index < -0.39 is 11.9 Å². The Bertz CT molecular complexity index is 625. The van der Waals surface area contributed by atoms with Crippen molar-refractivity contribution in [3.63, 3.8) is 0 Å². The molecule has 0 saturated carbocycles. The largest absolute Gasteiger partial charge is 0.490 e. The smallest absolute Gasteiger partial charge is 0.338 e. The molecule has 2 aliphatic rings. The Morgan fingerprint density at radius 1 is 1.20 bits per heavy atom. The number of carbonyl (C=O) groups excluding carboxylic acids is 2. The number of ether oxygens (including phenoxy) is 5. The van der Waals surface area contributed by atoms with Crippen LogP contribution in [0, 0.1) is 0 Å². The molecule has 1 aromatic rings. The lowest BCUT2D eigenvalue weighted by Crippen LogP contribution is -2.32. The monoisotopic (exact) mass is 348 g/mol. The number of rotatable bonds is 7. The van der Waals surface area contributed by atoms with Gasteiger partial charge in [0.25, 0.3) is 0 Å². The van der Waals surface area contributed by atoms with Gasteiger partial charge in [-0.05, 0) is 30.7 Å². The molecule has 7 heteroatoms. The minimum absolute atomic E-state index is 0.0313. The minimum atomic E-state index is -0.494.